The molecule has 1 aromatic carbocycles. The molecule has 0 amide bonds. The van der Waals surface area contributed by atoms with Crippen LogP contribution in [0.1, 0.15) is 18.1 Å². The highest BCUT2D eigenvalue weighted by atomic mass is 32.2. The summed E-state index contributed by atoms with van der Waals surface area (Å²) >= 11 is 0. The molecular weight excluding hydrogens is 312 g/mol. The van der Waals surface area contributed by atoms with Crippen molar-refractivity contribution in [3.63, 3.8) is 0 Å². The average molecular weight is 330 g/mol. The van der Waals surface area contributed by atoms with Gasteiger partial charge in [-0.15, -0.1) is 0 Å². The standard InChI is InChI=1S/C13H18N2O6S/c1-8-5-6-11(15(18)19)12(10(8)3)22(20,21)14(4)7-9(2)13(16)17/h5-6,9H,7H2,1-4H3,(H,16,17). The predicted molar refractivity (Wildman–Crippen MR) is 79.2 cm³/mol. The zero-order valence-electron chi connectivity index (χ0n) is 12.7. The van der Waals surface area contributed by atoms with Gasteiger partial charge in [0.05, 0.1) is 10.8 Å². The number of carbonyl (C=O) groups is 1. The number of carboxylic acid groups (broad SMARTS) is 1. The maximum Gasteiger partial charge on any atom is 0.307 e. The van der Waals surface area contributed by atoms with Crippen molar-refractivity contribution in [3.8, 4) is 0 Å². The smallest absolute Gasteiger partial charge is 0.307 e. The first-order valence-corrected chi connectivity index (χ1v) is 7.87. The second kappa shape index (κ2) is 6.41. The minimum atomic E-state index is -4.17. The van der Waals surface area contributed by atoms with Crippen LogP contribution in [0.25, 0.3) is 0 Å². The minimum Gasteiger partial charge on any atom is -0.481 e. The van der Waals surface area contributed by atoms with E-state index in [-0.39, 0.29) is 12.1 Å². The first-order chi connectivity index (χ1) is 10.00. The normalized spacial score (nSPS) is 13.1. The van der Waals surface area contributed by atoms with Gasteiger partial charge in [0.1, 0.15) is 0 Å². The van der Waals surface area contributed by atoms with Gasteiger partial charge < -0.3 is 5.11 Å². The van der Waals surface area contributed by atoms with Gasteiger partial charge in [-0.1, -0.05) is 13.0 Å². The number of carboxylic acids is 1. The summed E-state index contributed by atoms with van der Waals surface area (Å²) < 4.78 is 26.1. The Kier molecular flexibility index (Phi) is 5.26. The van der Waals surface area contributed by atoms with Crippen molar-refractivity contribution in [2.24, 2.45) is 5.92 Å². The average Bonchev–Trinajstić information content (AvgIpc) is 2.40. The number of benzene rings is 1. The molecule has 0 aliphatic carbocycles. The maximum absolute atomic E-state index is 12.6. The summed E-state index contributed by atoms with van der Waals surface area (Å²) in [5, 5.41) is 20.0. The van der Waals surface area contributed by atoms with Gasteiger partial charge in [0.2, 0.25) is 10.0 Å². The molecule has 8 nitrogen and oxygen atoms in total. The zero-order chi connectivity index (χ0) is 17.2. The van der Waals surface area contributed by atoms with Gasteiger partial charge in [-0.25, -0.2) is 8.42 Å². The second-order valence-corrected chi connectivity index (χ2v) is 7.12. The molecule has 0 fully saturated rings. The summed E-state index contributed by atoms with van der Waals surface area (Å²) in [5.74, 6) is -2.07. The van der Waals surface area contributed by atoms with Crippen LogP contribution in [0, 0.1) is 29.9 Å². The number of aryl methyl sites for hydroxylation is 1. The van der Waals surface area contributed by atoms with E-state index in [1.54, 1.807) is 6.92 Å². The van der Waals surface area contributed by atoms with E-state index in [2.05, 4.69) is 0 Å². The molecule has 0 bridgehead atoms. The number of hydrogen-bond donors (Lipinski definition) is 1. The van der Waals surface area contributed by atoms with Crippen LogP contribution in [0.2, 0.25) is 0 Å². The minimum absolute atomic E-state index is 0.276. The Bertz CT molecular complexity index is 713. The molecule has 22 heavy (non-hydrogen) atoms. The van der Waals surface area contributed by atoms with Crippen LogP contribution >= 0.6 is 0 Å². The number of aliphatic carboxylic acids is 1. The molecule has 9 heteroatoms. The SMILES string of the molecule is Cc1ccc([N+](=O)[O-])c(S(=O)(=O)N(C)CC(C)C(=O)O)c1C. The third-order valence-corrected chi connectivity index (χ3v) is 5.47. The van der Waals surface area contributed by atoms with Gasteiger partial charge in [0, 0.05) is 19.7 Å². The fourth-order valence-electron chi connectivity index (χ4n) is 1.96. The number of nitro groups is 1. The van der Waals surface area contributed by atoms with Crippen LogP contribution in [0.5, 0.6) is 0 Å². The second-order valence-electron chi connectivity index (χ2n) is 5.14. The van der Waals surface area contributed by atoms with E-state index in [1.807, 2.05) is 0 Å². The molecule has 0 saturated heterocycles. The lowest BCUT2D eigenvalue weighted by Gasteiger charge is -2.20. The van der Waals surface area contributed by atoms with Gasteiger partial charge in [-0.05, 0) is 25.0 Å². The molecule has 1 rings (SSSR count). The molecule has 0 aromatic heterocycles. The monoisotopic (exact) mass is 330 g/mol. The van der Waals surface area contributed by atoms with E-state index < -0.39 is 37.4 Å². The van der Waals surface area contributed by atoms with Gasteiger partial charge in [0.15, 0.2) is 4.90 Å². The highest BCUT2D eigenvalue weighted by Crippen LogP contribution is 2.31. The molecule has 0 spiro atoms. The molecule has 1 unspecified atom stereocenters. The lowest BCUT2D eigenvalue weighted by molar-refractivity contribution is -0.388. The van der Waals surface area contributed by atoms with E-state index >= 15 is 0 Å². The van der Waals surface area contributed by atoms with E-state index in [1.165, 1.54) is 27.0 Å². The number of sulfonamides is 1. The van der Waals surface area contributed by atoms with Crippen molar-refractivity contribution in [2.45, 2.75) is 25.7 Å². The lowest BCUT2D eigenvalue weighted by atomic mass is 10.1. The third-order valence-electron chi connectivity index (χ3n) is 3.47. The highest BCUT2D eigenvalue weighted by molar-refractivity contribution is 7.89. The summed E-state index contributed by atoms with van der Waals surface area (Å²) in [5.41, 5.74) is 0.366. The van der Waals surface area contributed by atoms with Crippen LogP contribution in [-0.4, -0.2) is 42.3 Å². The van der Waals surface area contributed by atoms with Crippen molar-refractivity contribution in [1.29, 1.82) is 0 Å². The van der Waals surface area contributed by atoms with Crippen molar-refractivity contribution in [1.82, 2.24) is 4.31 Å². The Labute approximate surface area is 128 Å². The van der Waals surface area contributed by atoms with E-state index in [0.717, 1.165) is 10.4 Å². The van der Waals surface area contributed by atoms with Crippen LogP contribution in [0.3, 0.4) is 0 Å². The van der Waals surface area contributed by atoms with Gasteiger partial charge in [-0.2, -0.15) is 4.31 Å². The molecule has 0 aliphatic heterocycles. The Morgan fingerprint density at radius 1 is 1.41 bits per heavy atom. The van der Waals surface area contributed by atoms with E-state index in [0.29, 0.717) is 5.56 Å². The summed E-state index contributed by atoms with van der Waals surface area (Å²) in [6, 6.07) is 2.62. The van der Waals surface area contributed by atoms with Gasteiger partial charge in [0.25, 0.3) is 5.69 Å². The van der Waals surface area contributed by atoms with E-state index in [4.69, 9.17) is 5.11 Å². The molecule has 122 valence electrons. The van der Waals surface area contributed by atoms with E-state index in [9.17, 15) is 23.3 Å². The highest BCUT2D eigenvalue weighted by Gasteiger charge is 2.33. The Balaban J connectivity index is 3.42. The van der Waals surface area contributed by atoms with Crippen molar-refractivity contribution < 1.29 is 23.2 Å². The van der Waals surface area contributed by atoms with Gasteiger partial charge >= 0.3 is 5.97 Å². The Morgan fingerprint density at radius 3 is 2.41 bits per heavy atom. The summed E-state index contributed by atoms with van der Waals surface area (Å²) in [6.07, 6.45) is 0. The summed E-state index contributed by atoms with van der Waals surface area (Å²) in [6.45, 7) is 4.23. The van der Waals surface area contributed by atoms with Gasteiger partial charge in [-0.3, -0.25) is 14.9 Å². The first kappa shape index (κ1) is 18.1. The number of rotatable bonds is 6. The summed E-state index contributed by atoms with van der Waals surface area (Å²) in [7, 11) is -2.96. The lowest BCUT2D eigenvalue weighted by Crippen LogP contribution is -2.34. The van der Waals surface area contributed by atoms with Crippen LogP contribution in [0.4, 0.5) is 5.69 Å². The zero-order valence-corrected chi connectivity index (χ0v) is 13.5. The topological polar surface area (TPSA) is 118 Å². The Hall–Kier alpha value is -2.00. The summed E-state index contributed by atoms with van der Waals surface area (Å²) in [4.78, 5) is 20.8. The Morgan fingerprint density at radius 2 is 1.95 bits per heavy atom. The van der Waals surface area contributed by atoms with Crippen LogP contribution in [-0.2, 0) is 14.8 Å². The molecule has 0 aliphatic rings. The van der Waals surface area contributed by atoms with Crippen LogP contribution in [0.15, 0.2) is 17.0 Å². The molecule has 1 N–H and O–H groups in total. The third kappa shape index (κ3) is 3.42. The molecule has 1 aromatic rings. The largest absolute Gasteiger partial charge is 0.481 e. The number of hydrogen-bond acceptors (Lipinski definition) is 5. The molecular formula is C13H18N2O6S. The van der Waals surface area contributed by atoms with Crippen molar-refractivity contribution in [2.75, 3.05) is 13.6 Å². The predicted octanol–water partition coefficient (Wildman–Crippen LogP) is 1.55. The quantitative estimate of drug-likeness (QED) is 0.624. The number of nitrogens with zero attached hydrogens (tertiary/aromatic N) is 2. The van der Waals surface area contributed by atoms with Crippen molar-refractivity contribution in [3.05, 3.63) is 33.4 Å². The fraction of sp³-hybridized carbons (Fsp3) is 0.462. The molecule has 0 heterocycles. The molecule has 0 radical (unpaired) electrons. The van der Waals surface area contributed by atoms with Crippen molar-refractivity contribution >= 4 is 21.7 Å². The number of nitro benzene ring substituents is 1. The first-order valence-electron chi connectivity index (χ1n) is 6.43. The molecule has 0 saturated carbocycles. The maximum atomic E-state index is 12.6. The van der Waals surface area contributed by atoms with Crippen LogP contribution < -0.4 is 0 Å². The molecule has 1 atom stereocenters. The fourth-order valence-corrected chi connectivity index (χ4v) is 3.65.